The van der Waals surface area contributed by atoms with E-state index in [2.05, 4.69) is 5.32 Å². The molecule has 1 aromatic rings. The van der Waals surface area contributed by atoms with Gasteiger partial charge in [0.25, 0.3) is 0 Å². The van der Waals surface area contributed by atoms with E-state index < -0.39 is 23.5 Å². The molecular weight excluding hydrogens is 220 g/mol. The van der Waals surface area contributed by atoms with Gasteiger partial charge in [0.15, 0.2) is 11.6 Å². The number of anilines is 1. The highest BCUT2D eigenvalue weighted by Crippen LogP contribution is 2.12. The van der Waals surface area contributed by atoms with Gasteiger partial charge < -0.3 is 15.2 Å². The van der Waals surface area contributed by atoms with Crippen LogP contribution in [0.1, 0.15) is 0 Å². The number of aliphatic carboxylic acids is 1. The number of hydrogen-bond donors (Lipinski definition) is 1. The van der Waals surface area contributed by atoms with Crippen LogP contribution in [0.4, 0.5) is 14.5 Å². The minimum atomic E-state index is -1.53. The molecule has 0 aromatic heterocycles. The summed E-state index contributed by atoms with van der Waals surface area (Å²) in [5, 5.41) is 12.1. The summed E-state index contributed by atoms with van der Waals surface area (Å²) in [5.41, 5.74) is 0.0203. The van der Waals surface area contributed by atoms with Gasteiger partial charge in [0.1, 0.15) is 0 Å². The first-order chi connectivity index (χ1) is 7.49. The van der Waals surface area contributed by atoms with Gasteiger partial charge in [0, 0.05) is 17.8 Å². The summed E-state index contributed by atoms with van der Waals surface area (Å²) >= 11 is 0. The number of benzene rings is 1. The molecule has 0 radical (unpaired) electrons. The van der Waals surface area contributed by atoms with Crippen LogP contribution in [0.25, 0.3) is 0 Å². The van der Waals surface area contributed by atoms with Gasteiger partial charge in [0.2, 0.25) is 5.91 Å². The first-order valence-electron chi connectivity index (χ1n) is 4.14. The molecule has 4 nitrogen and oxygen atoms in total. The van der Waals surface area contributed by atoms with Gasteiger partial charge in [-0.15, -0.1) is 0 Å². The van der Waals surface area contributed by atoms with E-state index in [1.165, 1.54) is 0 Å². The van der Waals surface area contributed by atoms with E-state index in [-0.39, 0.29) is 5.69 Å². The summed E-state index contributed by atoms with van der Waals surface area (Å²) in [7, 11) is 0. The Morgan fingerprint density at radius 3 is 2.44 bits per heavy atom. The van der Waals surface area contributed by atoms with Gasteiger partial charge in [-0.25, -0.2) is 8.78 Å². The van der Waals surface area contributed by atoms with Crippen molar-refractivity contribution in [3.63, 3.8) is 0 Å². The summed E-state index contributed by atoms with van der Waals surface area (Å²) in [6.45, 7) is 0. The van der Waals surface area contributed by atoms with Crippen LogP contribution < -0.4 is 10.4 Å². The molecule has 0 aliphatic rings. The molecule has 0 saturated carbocycles. The predicted octanol–water partition coefficient (Wildman–Crippen LogP) is 0.209. The number of carboxylic acid groups (broad SMARTS) is 1. The second kappa shape index (κ2) is 5.01. The zero-order chi connectivity index (χ0) is 12.1. The Morgan fingerprint density at radius 2 is 1.88 bits per heavy atom. The molecule has 1 aromatic carbocycles. The molecule has 0 bridgehead atoms. The Kier molecular flexibility index (Phi) is 3.71. The maximum atomic E-state index is 12.7. The van der Waals surface area contributed by atoms with E-state index in [4.69, 9.17) is 0 Å². The van der Waals surface area contributed by atoms with E-state index in [0.29, 0.717) is 12.2 Å². The minimum absolute atomic E-state index is 0.0203. The third kappa shape index (κ3) is 3.49. The lowest BCUT2D eigenvalue weighted by Gasteiger charge is -2.02. The van der Waals surface area contributed by atoms with Crippen molar-refractivity contribution in [2.45, 2.75) is 0 Å². The van der Waals surface area contributed by atoms with E-state index in [1.807, 2.05) is 0 Å². The monoisotopic (exact) mass is 226 g/mol. The average molecular weight is 226 g/mol. The third-order valence-corrected chi connectivity index (χ3v) is 1.56. The lowest BCUT2D eigenvalue weighted by molar-refractivity contribution is -0.297. The molecule has 0 atom stereocenters. The second-order valence-electron chi connectivity index (χ2n) is 2.77. The smallest absolute Gasteiger partial charge is 0.248 e. The number of rotatable bonds is 3. The number of nitrogens with one attached hydrogen (secondary N) is 1. The van der Waals surface area contributed by atoms with Crippen LogP contribution in [0.15, 0.2) is 30.4 Å². The fraction of sp³-hybridized carbons (Fsp3) is 0. The van der Waals surface area contributed by atoms with Gasteiger partial charge >= 0.3 is 0 Å². The quantitative estimate of drug-likeness (QED) is 0.749. The SMILES string of the molecule is O=C([O-])/C=C\C(=O)Nc1ccc(F)c(F)c1. The van der Waals surface area contributed by atoms with Crippen molar-refractivity contribution >= 4 is 17.6 Å². The predicted molar refractivity (Wildman–Crippen MR) is 49.1 cm³/mol. The Hall–Kier alpha value is -2.24. The Bertz CT molecular complexity index is 457. The van der Waals surface area contributed by atoms with Gasteiger partial charge in [-0.2, -0.15) is 0 Å². The summed E-state index contributed by atoms with van der Waals surface area (Å²) in [5.74, 6) is -4.46. The molecule has 6 heteroatoms. The fourth-order valence-electron chi connectivity index (χ4n) is 0.902. The molecule has 0 saturated heterocycles. The molecule has 84 valence electrons. The lowest BCUT2D eigenvalue weighted by atomic mass is 10.3. The summed E-state index contributed by atoms with van der Waals surface area (Å²) in [4.78, 5) is 21.0. The van der Waals surface area contributed by atoms with Gasteiger partial charge in [0.05, 0.1) is 5.97 Å². The highest BCUT2D eigenvalue weighted by atomic mass is 19.2. The minimum Gasteiger partial charge on any atom is -0.545 e. The van der Waals surface area contributed by atoms with Crippen LogP contribution in [0.2, 0.25) is 0 Å². The first kappa shape index (κ1) is 11.8. The maximum Gasteiger partial charge on any atom is 0.248 e. The number of halogens is 2. The van der Waals surface area contributed by atoms with Crippen molar-refractivity contribution in [2.75, 3.05) is 5.32 Å². The zero-order valence-corrected chi connectivity index (χ0v) is 7.87. The van der Waals surface area contributed by atoms with Gasteiger partial charge in [-0.05, 0) is 18.2 Å². The van der Waals surface area contributed by atoms with E-state index in [0.717, 1.165) is 18.2 Å². The summed E-state index contributed by atoms with van der Waals surface area (Å²) in [6, 6.07) is 2.76. The van der Waals surface area contributed by atoms with E-state index >= 15 is 0 Å². The summed E-state index contributed by atoms with van der Waals surface area (Å²) < 4.78 is 25.2. The molecule has 1 amide bonds. The van der Waals surface area contributed by atoms with Gasteiger partial charge in [-0.3, -0.25) is 4.79 Å². The lowest BCUT2D eigenvalue weighted by Crippen LogP contribution is -2.20. The van der Waals surface area contributed by atoms with Gasteiger partial charge in [-0.1, -0.05) is 0 Å². The Balaban J connectivity index is 2.70. The maximum absolute atomic E-state index is 12.7. The highest BCUT2D eigenvalue weighted by Gasteiger charge is 2.03. The number of carbonyl (C=O) groups excluding carboxylic acids is 2. The zero-order valence-electron chi connectivity index (χ0n) is 7.87. The standard InChI is InChI=1S/C10H7F2NO3/c11-7-2-1-6(5-8(7)12)13-9(14)3-4-10(15)16/h1-5H,(H,13,14)(H,15,16)/p-1/b4-3-. The van der Waals surface area contributed by atoms with Crippen molar-refractivity contribution in [1.82, 2.24) is 0 Å². The normalized spacial score (nSPS) is 10.4. The van der Waals surface area contributed by atoms with Crippen molar-refractivity contribution in [1.29, 1.82) is 0 Å². The topological polar surface area (TPSA) is 69.2 Å². The molecular formula is C10H6F2NO3-. The van der Waals surface area contributed by atoms with Crippen LogP contribution in [0, 0.1) is 11.6 Å². The molecule has 0 spiro atoms. The number of hydrogen-bond acceptors (Lipinski definition) is 3. The first-order valence-corrected chi connectivity index (χ1v) is 4.14. The third-order valence-electron chi connectivity index (χ3n) is 1.56. The number of carbonyl (C=O) groups is 2. The van der Waals surface area contributed by atoms with Crippen molar-refractivity contribution < 1.29 is 23.5 Å². The van der Waals surface area contributed by atoms with Crippen molar-refractivity contribution in [3.8, 4) is 0 Å². The molecule has 0 aliphatic carbocycles. The molecule has 0 unspecified atom stereocenters. The van der Waals surface area contributed by atoms with Crippen molar-refractivity contribution in [3.05, 3.63) is 42.0 Å². The second-order valence-corrected chi connectivity index (χ2v) is 2.77. The molecule has 1 rings (SSSR count). The van der Waals surface area contributed by atoms with Crippen LogP contribution in [-0.2, 0) is 9.59 Å². The molecule has 0 fully saturated rings. The van der Waals surface area contributed by atoms with E-state index in [1.54, 1.807) is 0 Å². The van der Waals surface area contributed by atoms with Crippen molar-refractivity contribution in [2.24, 2.45) is 0 Å². The molecule has 1 N–H and O–H groups in total. The van der Waals surface area contributed by atoms with Crippen LogP contribution >= 0.6 is 0 Å². The Morgan fingerprint density at radius 1 is 1.19 bits per heavy atom. The number of amides is 1. The average Bonchev–Trinajstić information content (AvgIpc) is 2.21. The highest BCUT2D eigenvalue weighted by molar-refractivity contribution is 6.02. The Labute approximate surface area is 89.2 Å². The van der Waals surface area contributed by atoms with Crippen LogP contribution in [-0.4, -0.2) is 11.9 Å². The molecule has 0 heterocycles. The van der Waals surface area contributed by atoms with Crippen LogP contribution in [0.3, 0.4) is 0 Å². The fourth-order valence-corrected chi connectivity index (χ4v) is 0.902. The molecule has 16 heavy (non-hydrogen) atoms. The number of carboxylic acids is 1. The largest absolute Gasteiger partial charge is 0.545 e. The van der Waals surface area contributed by atoms with E-state index in [9.17, 15) is 23.5 Å². The van der Waals surface area contributed by atoms with Crippen LogP contribution in [0.5, 0.6) is 0 Å². The molecule has 0 aliphatic heterocycles. The summed E-state index contributed by atoms with van der Waals surface area (Å²) in [6.07, 6.45) is 1.23.